The van der Waals surface area contributed by atoms with Gasteiger partial charge in [-0.3, -0.25) is 9.59 Å². The highest BCUT2D eigenvalue weighted by molar-refractivity contribution is 6.90. The lowest BCUT2D eigenvalue weighted by Gasteiger charge is -2.33. The van der Waals surface area contributed by atoms with Gasteiger partial charge in [0.25, 0.3) is 0 Å². The molecule has 0 radical (unpaired) electrons. The summed E-state index contributed by atoms with van der Waals surface area (Å²) in [4.78, 5) is 25.5. The molecule has 0 heterocycles. The van der Waals surface area contributed by atoms with Crippen LogP contribution in [0, 0.1) is 11.3 Å². The molecule has 0 fully saturated rings. The van der Waals surface area contributed by atoms with Gasteiger partial charge in [-0.05, 0) is 18.9 Å². The van der Waals surface area contributed by atoms with Crippen LogP contribution in [-0.2, 0) is 19.1 Å². The molecule has 28 heavy (non-hydrogen) atoms. The van der Waals surface area contributed by atoms with Crippen LogP contribution in [0.1, 0.15) is 12.8 Å². The van der Waals surface area contributed by atoms with Crippen LogP contribution in [0.4, 0.5) is 0 Å². The highest BCUT2D eigenvalue weighted by Gasteiger charge is 2.52. The van der Waals surface area contributed by atoms with E-state index in [9.17, 15) is 9.59 Å². The van der Waals surface area contributed by atoms with Crippen molar-refractivity contribution in [1.29, 1.82) is 0 Å². The third-order valence-electron chi connectivity index (χ3n) is 5.50. The lowest BCUT2D eigenvalue weighted by Crippen LogP contribution is -2.46. The van der Waals surface area contributed by atoms with Crippen LogP contribution in [0.15, 0.2) is 66.8 Å². The Kier molecular flexibility index (Phi) is 7.58. The number of methoxy groups -OCH3 is 2. The number of benzene rings is 1. The van der Waals surface area contributed by atoms with Crippen molar-refractivity contribution in [2.75, 3.05) is 14.2 Å². The third kappa shape index (κ3) is 4.71. The molecule has 0 aromatic heterocycles. The van der Waals surface area contributed by atoms with Gasteiger partial charge in [-0.15, -0.1) is 0 Å². The van der Waals surface area contributed by atoms with Crippen molar-refractivity contribution in [1.82, 2.24) is 0 Å². The van der Waals surface area contributed by atoms with Gasteiger partial charge in [0.2, 0.25) is 0 Å². The molecule has 0 spiro atoms. The van der Waals surface area contributed by atoms with Crippen LogP contribution >= 0.6 is 0 Å². The van der Waals surface area contributed by atoms with Crippen molar-refractivity contribution in [2.24, 2.45) is 11.3 Å². The van der Waals surface area contributed by atoms with Crippen molar-refractivity contribution in [3.63, 3.8) is 0 Å². The highest BCUT2D eigenvalue weighted by Crippen LogP contribution is 2.40. The second kappa shape index (κ2) is 9.69. The lowest BCUT2D eigenvalue weighted by atomic mass is 9.70. The average molecular weight is 399 g/mol. The number of allylic oxidation sites excluding steroid dienone is 6. The molecule has 0 N–H and O–H groups in total. The Morgan fingerprint density at radius 2 is 1.71 bits per heavy atom. The van der Waals surface area contributed by atoms with Gasteiger partial charge in [0.05, 0.1) is 22.3 Å². The Morgan fingerprint density at radius 3 is 2.25 bits per heavy atom. The second-order valence-electron chi connectivity index (χ2n) is 7.74. The summed E-state index contributed by atoms with van der Waals surface area (Å²) in [6.07, 6.45) is 12.5. The van der Waals surface area contributed by atoms with Gasteiger partial charge >= 0.3 is 11.9 Å². The standard InChI is InChI=1S/C23H30O4Si/c1-26-21(24)23(22(25)27-2,19-13-7-5-8-14-19)17-11-12-18-28(3,4)20-15-9-6-10-16-20/h5-13,15-16,19H,14,17-18H2,1-4H3/b12-11+. The van der Waals surface area contributed by atoms with Gasteiger partial charge in [-0.25, -0.2) is 0 Å². The van der Waals surface area contributed by atoms with Crippen molar-refractivity contribution < 1.29 is 19.1 Å². The number of esters is 2. The van der Waals surface area contributed by atoms with Crippen LogP contribution in [0.2, 0.25) is 19.1 Å². The summed E-state index contributed by atoms with van der Waals surface area (Å²) in [5.41, 5.74) is -1.36. The van der Waals surface area contributed by atoms with E-state index in [1.54, 1.807) is 0 Å². The zero-order chi connectivity index (χ0) is 20.6. The Hall–Kier alpha value is -2.40. The largest absolute Gasteiger partial charge is 0.468 e. The molecule has 0 aliphatic heterocycles. The molecule has 0 saturated carbocycles. The fourth-order valence-corrected chi connectivity index (χ4v) is 5.76. The normalized spacial score (nSPS) is 16.9. The minimum atomic E-state index is -1.63. The van der Waals surface area contributed by atoms with E-state index >= 15 is 0 Å². The fourth-order valence-electron chi connectivity index (χ4n) is 3.67. The van der Waals surface area contributed by atoms with E-state index < -0.39 is 25.4 Å². The second-order valence-corrected chi connectivity index (χ2v) is 12.5. The maximum absolute atomic E-state index is 12.7. The minimum absolute atomic E-state index is 0.258. The van der Waals surface area contributed by atoms with Crippen molar-refractivity contribution in [2.45, 2.75) is 32.0 Å². The molecular weight excluding hydrogens is 368 g/mol. The number of hydrogen-bond acceptors (Lipinski definition) is 4. The first-order valence-electron chi connectivity index (χ1n) is 9.59. The van der Waals surface area contributed by atoms with Crippen molar-refractivity contribution in [3.8, 4) is 0 Å². The molecular formula is C23H30O4Si. The Bertz CT molecular complexity index is 746. The smallest absolute Gasteiger partial charge is 0.324 e. The van der Waals surface area contributed by atoms with Crippen LogP contribution < -0.4 is 5.19 Å². The highest BCUT2D eigenvalue weighted by atomic mass is 28.3. The zero-order valence-electron chi connectivity index (χ0n) is 17.2. The molecule has 150 valence electrons. The predicted octanol–water partition coefficient (Wildman–Crippen LogP) is 4.01. The fraction of sp³-hybridized carbons (Fsp3) is 0.391. The molecule has 1 aromatic carbocycles. The summed E-state index contributed by atoms with van der Waals surface area (Å²) in [5, 5.41) is 1.38. The molecule has 1 unspecified atom stereocenters. The van der Waals surface area contributed by atoms with Crippen LogP contribution in [-0.4, -0.2) is 34.2 Å². The molecule has 0 bridgehead atoms. The molecule has 0 amide bonds. The molecule has 0 saturated heterocycles. The van der Waals surface area contributed by atoms with Gasteiger partial charge in [0.1, 0.15) is 0 Å². The summed E-state index contributed by atoms with van der Waals surface area (Å²) < 4.78 is 10.1. The topological polar surface area (TPSA) is 52.6 Å². The van der Waals surface area contributed by atoms with Gasteiger partial charge in [0, 0.05) is 5.92 Å². The number of rotatable bonds is 8. The molecule has 1 atom stereocenters. The van der Waals surface area contributed by atoms with E-state index in [1.165, 1.54) is 19.4 Å². The van der Waals surface area contributed by atoms with E-state index in [2.05, 4.69) is 43.4 Å². The molecule has 1 aromatic rings. The summed E-state index contributed by atoms with van der Waals surface area (Å²) >= 11 is 0. The SMILES string of the molecule is COC(=O)C(C/C=C/C[Si](C)(C)c1ccccc1)(C(=O)OC)C1C=CC=CC1. The van der Waals surface area contributed by atoms with E-state index in [-0.39, 0.29) is 12.3 Å². The van der Waals surface area contributed by atoms with Gasteiger partial charge in [-0.2, -0.15) is 0 Å². The molecule has 2 rings (SSSR count). The first kappa shape index (κ1) is 21.9. The Labute approximate surface area is 168 Å². The monoisotopic (exact) mass is 398 g/mol. The molecule has 1 aliphatic carbocycles. The zero-order valence-corrected chi connectivity index (χ0v) is 18.2. The van der Waals surface area contributed by atoms with Crippen LogP contribution in [0.3, 0.4) is 0 Å². The number of carbonyl (C=O) groups is 2. The molecule has 5 heteroatoms. The Morgan fingerprint density at radius 1 is 1.07 bits per heavy atom. The molecule has 1 aliphatic rings. The van der Waals surface area contributed by atoms with Crippen molar-refractivity contribution in [3.05, 3.63) is 66.8 Å². The van der Waals surface area contributed by atoms with Crippen molar-refractivity contribution >= 4 is 25.2 Å². The third-order valence-corrected chi connectivity index (χ3v) is 8.66. The number of hydrogen-bond donors (Lipinski definition) is 0. The van der Waals surface area contributed by atoms with Gasteiger partial charge in [-0.1, -0.05) is 85.1 Å². The minimum Gasteiger partial charge on any atom is -0.468 e. The summed E-state index contributed by atoms with van der Waals surface area (Å²) in [6.45, 7) is 4.63. The first-order valence-corrected chi connectivity index (χ1v) is 12.8. The number of carbonyl (C=O) groups excluding carboxylic acids is 2. The lowest BCUT2D eigenvalue weighted by molar-refractivity contribution is -0.172. The maximum Gasteiger partial charge on any atom is 0.324 e. The maximum atomic E-state index is 12.7. The summed E-state index contributed by atoms with van der Waals surface area (Å²) in [7, 11) is 1.00. The van der Waals surface area contributed by atoms with E-state index in [4.69, 9.17) is 9.47 Å². The average Bonchev–Trinajstić information content (AvgIpc) is 2.74. The van der Waals surface area contributed by atoms with Crippen LogP contribution in [0.5, 0.6) is 0 Å². The number of ether oxygens (including phenoxy) is 2. The summed E-state index contributed by atoms with van der Waals surface area (Å²) in [5.74, 6) is -1.39. The summed E-state index contributed by atoms with van der Waals surface area (Å²) in [6, 6.07) is 11.4. The van der Waals surface area contributed by atoms with Gasteiger partial charge in [0.15, 0.2) is 5.41 Å². The predicted molar refractivity (Wildman–Crippen MR) is 115 cm³/mol. The molecule has 4 nitrogen and oxygen atoms in total. The van der Waals surface area contributed by atoms with Gasteiger partial charge < -0.3 is 9.47 Å². The van der Waals surface area contributed by atoms with E-state index in [0.717, 1.165) is 6.04 Å². The van der Waals surface area contributed by atoms with E-state index in [1.807, 2.05) is 36.4 Å². The first-order chi connectivity index (χ1) is 13.4. The Balaban J connectivity index is 2.23. The van der Waals surface area contributed by atoms with E-state index in [0.29, 0.717) is 6.42 Å². The van der Waals surface area contributed by atoms with Crippen LogP contribution in [0.25, 0.3) is 0 Å². The quantitative estimate of drug-likeness (QED) is 0.287.